The SMILES string of the molecule is CCN(CC(N)=O)C(C)C(=O)c1ccc(F)c(F)c1. The lowest BCUT2D eigenvalue weighted by Crippen LogP contribution is -2.43. The molecule has 1 unspecified atom stereocenters. The van der Waals surface area contributed by atoms with Crippen molar-refractivity contribution in [2.24, 2.45) is 5.73 Å². The van der Waals surface area contributed by atoms with Crippen LogP contribution in [0.4, 0.5) is 8.78 Å². The molecule has 0 heterocycles. The fourth-order valence-corrected chi connectivity index (χ4v) is 1.78. The van der Waals surface area contributed by atoms with Crippen LogP contribution in [-0.2, 0) is 4.79 Å². The second-order valence-electron chi connectivity index (χ2n) is 4.20. The average molecular weight is 270 g/mol. The molecule has 0 aliphatic carbocycles. The monoisotopic (exact) mass is 270 g/mol. The van der Waals surface area contributed by atoms with Gasteiger partial charge in [0.25, 0.3) is 0 Å². The zero-order chi connectivity index (χ0) is 14.6. The van der Waals surface area contributed by atoms with E-state index in [9.17, 15) is 18.4 Å². The average Bonchev–Trinajstić information content (AvgIpc) is 2.37. The molecule has 0 spiro atoms. The number of hydrogen-bond donors (Lipinski definition) is 1. The molecule has 6 heteroatoms. The number of primary amides is 1. The van der Waals surface area contributed by atoms with E-state index in [4.69, 9.17) is 5.73 Å². The van der Waals surface area contributed by atoms with E-state index >= 15 is 0 Å². The molecule has 0 aromatic heterocycles. The number of rotatable bonds is 6. The van der Waals surface area contributed by atoms with Gasteiger partial charge in [-0.3, -0.25) is 14.5 Å². The molecule has 1 rings (SSSR count). The summed E-state index contributed by atoms with van der Waals surface area (Å²) in [6, 6.07) is 2.34. The number of ketones is 1. The first-order chi connectivity index (χ1) is 8.86. The fraction of sp³-hybridized carbons (Fsp3) is 0.385. The van der Waals surface area contributed by atoms with Crippen molar-refractivity contribution in [1.82, 2.24) is 4.90 Å². The third-order valence-electron chi connectivity index (χ3n) is 2.90. The van der Waals surface area contributed by atoms with Crippen molar-refractivity contribution in [3.63, 3.8) is 0 Å². The molecular formula is C13H16F2N2O2. The molecule has 4 nitrogen and oxygen atoms in total. The number of nitrogens with two attached hydrogens (primary N) is 1. The van der Waals surface area contributed by atoms with E-state index < -0.39 is 23.6 Å². The maximum absolute atomic E-state index is 13.1. The van der Waals surface area contributed by atoms with Crippen LogP contribution < -0.4 is 5.73 Å². The number of carbonyl (C=O) groups is 2. The molecule has 0 aliphatic heterocycles. The predicted octanol–water partition coefficient (Wildman–Crippen LogP) is 1.34. The molecule has 1 amide bonds. The van der Waals surface area contributed by atoms with Gasteiger partial charge in [0.1, 0.15) is 0 Å². The van der Waals surface area contributed by atoms with Crippen LogP contribution in [0.3, 0.4) is 0 Å². The standard InChI is InChI=1S/C13H16F2N2O2/c1-3-17(7-12(16)18)8(2)13(19)9-4-5-10(14)11(15)6-9/h4-6,8H,3,7H2,1-2H3,(H2,16,18). The number of halogens is 2. The Morgan fingerprint density at radius 1 is 1.32 bits per heavy atom. The van der Waals surface area contributed by atoms with Gasteiger partial charge in [-0.15, -0.1) is 0 Å². The molecule has 0 saturated heterocycles. The van der Waals surface area contributed by atoms with E-state index in [0.29, 0.717) is 6.54 Å². The Morgan fingerprint density at radius 2 is 1.95 bits per heavy atom. The Morgan fingerprint density at radius 3 is 2.42 bits per heavy atom. The summed E-state index contributed by atoms with van der Waals surface area (Å²) in [7, 11) is 0. The van der Waals surface area contributed by atoms with Crippen molar-refractivity contribution in [3.05, 3.63) is 35.4 Å². The lowest BCUT2D eigenvalue weighted by atomic mass is 10.0. The number of amides is 1. The van der Waals surface area contributed by atoms with Crippen LogP contribution >= 0.6 is 0 Å². The number of nitrogens with zero attached hydrogens (tertiary/aromatic N) is 1. The Balaban J connectivity index is 2.91. The summed E-state index contributed by atoms with van der Waals surface area (Å²) < 4.78 is 25.9. The molecule has 19 heavy (non-hydrogen) atoms. The lowest BCUT2D eigenvalue weighted by Gasteiger charge is -2.25. The highest BCUT2D eigenvalue weighted by molar-refractivity contribution is 6.00. The van der Waals surface area contributed by atoms with Gasteiger partial charge in [-0.25, -0.2) is 8.78 Å². The van der Waals surface area contributed by atoms with E-state index in [1.54, 1.807) is 18.7 Å². The third kappa shape index (κ3) is 3.82. The highest BCUT2D eigenvalue weighted by Gasteiger charge is 2.23. The Hall–Kier alpha value is -1.82. The predicted molar refractivity (Wildman–Crippen MR) is 66.6 cm³/mol. The lowest BCUT2D eigenvalue weighted by molar-refractivity contribution is -0.119. The van der Waals surface area contributed by atoms with Gasteiger partial charge in [0, 0.05) is 5.56 Å². The number of benzene rings is 1. The minimum atomic E-state index is -1.07. The van der Waals surface area contributed by atoms with Crippen molar-refractivity contribution in [1.29, 1.82) is 0 Å². The van der Waals surface area contributed by atoms with Crippen LogP contribution in [0.2, 0.25) is 0 Å². The van der Waals surface area contributed by atoms with Crippen molar-refractivity contribution < 1.29 is 18.4 Å². The minimum Gasteiger partial charge on any atom is -0.369 e. The zero-order valence-electron chi connectivity index (χ0n) is 10.8. The summed E-state index contributed by atoms with van der Waals surface area (Å²) >= 11 is 0. The second kappa shape index (κ2) is 6.38. The largest absolute Gasteiger partial charge is 0.369 e. The van der Waals surface area contributed by atoms with Crippen LogP contribution in [0.25, 0.3) is 0 Å². The molecule has 0 saturated carbocycles. The van der Waals surface area contributed by atoms with E-state index in [1.165, 1.54) is 6.07 Å². The van der Waals surface area contributed by atoms with Crippen molar-refractivity contribution in [2.75, 3.05) is 13.1 Å². The fourth-order valence-electron chi connectivity index (χ4n) is 1.78. The van der Waals surface area contributed by atoms with Gasteiger partial charge < -0.3 is 5.73 Å². The highest BCUT2D eigenvalue weighted by Crippen LogP contribution is 2.13. The Labute approximate surface area is 110 Å². The van der Waals surface area contributed by atoms with Crippen molar-refractivity contribution >= 4 is 11.7 Å². The molecule has 1 aromatic carbocycles. The van der Waals surface area contributed by atoms with Crippen LogP contribution in [-0.4, -0.2) is 35.7 Å². The Bertz CT molecular complexity index is 492. The number of hydrogen-bond acceptors (Lipinski definition) is 3. The van der Waals surface area contributed by atoms with Gasteiger partial charge in [-0.05, 0) is 31.7 Å². The van der Waals surface area contributed by atoms with Gasteiger partial charge in [-0.2, -0.15) is 0 Å². The van der Waals surface area contributed by atoms with Crippen LogP contribution in [0, 0.1) is 11.6 Å². The van der Waals surface area contributed by atoms with Gasteiger partial charge >= 0.3 is 0 Å². The number of Topliss-reactive ketones (excluding diaryl/α,β-unsaturated/α-hetero) is 1. The molecule has 0 radical (unpaired) electrons. The quantitative estimate of drug-likeness (QED) is 0.793. The maximum Gasteiger partial charge on any atom is 0.231 e. The zero-order valence-corrected chi connectivity index (χ0v) is 10.8. The first-order valence-corrected chi connectivity index (χ1v) is 5.88. The number of likely N-dealkylation sites (N-methyl/N-ethyl adjacent to an activating group) is 1. The van der Waals surface area contributed by atoms with Crippen LogP contribution in [0.5, 0.6) is 0 Å². The second-order valence-corrected chi connectivity index (χ2v) is 4.20. The molecular weight excluding hydrogens is 254 g/mol. The van der Waals surface area contributed by atoms with E-state index in [0.717, 1.165) is 12.1 Å². The topological polar surface area (TPSA) is 63.4 Å². The maximum atomic E-state index is 13.1. The van der Waals surface area contributed by atoms with E-state index in [2.05, 4.69) is 0 Å². The molecule has 2 N–H and O–H groups in total. The van der Waals surface area contributed by atoms with Crippen LogP contribution in [0.1, 0.15) is 24.2 Å². The van der Waals surface area contributed by atoms with Gasteiger partial charge in [0.15, 0.2) is 17.4 Å². The van der Waals surface area contributed by atoms with Gasteiger partial charge in [-0.1, -0.05) is 6.92 Å². The molecule has 0 fully saturated rings. The molecule has 1 atom stereocenters. The first kappa shape index (κ1) is 15.2. The highest BCUT2D eigenvalue weighted by atomic mass is 19.2. The molecule has 0 aliphatic rings. The normalized spacial score (nSPS) is 12.5. The summed E-state index contributed by atoms with van der Waals surface area (Å²) in [5.41, 5.74) is 5.15. The summed E-state index contributed by atoms with van der Waals surface area (Å²) in [6.07, 6.45) is 0. The minimum absolute atomic E-state index is 0.0624. The molecule has 1 aromatic rings. The summed E-state index contributed by atoms with van der Waals surface area (Å²) in [6.45, 7) is 3.75. The van der Waals surface area contributed by atoms with Crippen LogP contribution in [0.15, 0.2) is 18.2 Å². The molecule has 104 valence electrons. The summed E-state index contributed by atoms with van der Waals surface area (Å²) in [4.78, 5) is 24.6. The van der Waals surface area contributed by atoms with Gasteiger partial charge in [0.2, 0.25) is 5.91 Å². The molecule has 0 bridgehead atoms. The van der Waals surface area contributed by atoms with Crippen molar-refractivity contribution in [2.45, 2.75) is 19.9 Å². The smallest absolute Gasteiger partial charge is 0.231 e. The number of carbonyl (C=O) groups excluding carboxylic acids is 2. The third-order valence-corrected chi connectivity index (χ3v) is 2.90. The van der Waals surface area contributed by atoms with E-state index in [1.807, 2.05) is 0 Å². The Kier molecular flexibility index (Phi) is 5.11. The van der Waals surface area contributed by atoms with E-state index in [-0.39, 0.29) is 17.9 Å². The summed E-state index contributed by atoms with van der Waals surface area (Å²) in [5, 5.41) is 0. The first-order valence-electron chi connectivity index (χ1n) is 5.88. The summed E-state index contributed by atoms with van der Waals surface area (Å²) in [5.74, 6) is -3.02. The van der Waals surface area contributed by atoms with Crippen molar-refractivity contribution in [3.8, 4) is 0 Å². The van der Waals surface area contributed by atoms with Gasteiger partial charge in [0.05, 0.1) is 12.6 Å².